The number of anilines is 1. The maximum absolute atomic E-state index is 15.3. The normalized spacial score (nSPS) is 13.6. The summed E-state index contributed by atoms with van der Waals surface area (Å²) >= 11 is 0. The minimum absolute atomic E-state index is 0.0314. The molecule has 4 rings (SSSR count). The molecule has 0 unspecified atom stereocenters. The van der Waals surface area contributed by atoms with Crippen molar-refractivity contribution in [2.45, 2.75) is 110 Å². The highest BCUT2D eigenvalue weighted by Crippen LogP contribution is 2.47. The summed E-state index contributed by atoms with van der Waals surface area (Å²) in [5.41, 5.74) is -4.25. The van der Waals surface area contributed by atoms with Gasteiger partial charge in [0, 0.05) is 12.0 Å². The molecule has 0 N–H and O–H groups in total. The van der Waals surface area contributed by atoms with Gasteiger partial charge in [-0.1, -0.05) is 72.8 Å². The van der Waals surface area contributed by atoms with Gasteiger partial charge in [-0.3, -0.25) is 0 Å². The van der Waals surface area contributed by atoms with Crippen LogP contribution in [0.2, 0.25) is 0 Å². The van der Waals surface area contributed by atoms with Crippen molar-refractivity contribution in [1.82, 2.24) is 15.2 Å². The number of nitrogens with zero attached hydrogens (tertiary/aromatic N) is 4. The standard InChI is InChI=1S/C43H51F3N4O8/c1-10-12-24-42(43(44,45)46,54-27-31-22-17-14-18-23-31)37-49-48-36(56-37)34-33(50(38(51)57-40(4,5)6)39(52)58-41(7,8)9)25-29(3)35(47-34)55-32(19-11-2)28-53-26-30-20-15-13-16-21-30/h10-11,13-18,20-23,25,32H,1-2,12,19,24,26-28H2,3-9H3/t32-,42-/m1/s1. The molecule has 2 atom stereocenters. The first-order valence-electron chi connectivity index (χ1n) is 18.6. The predicted molar refractivity (Wildman–Crippen MR) is 211 cm³/mol. The van der Waals surface area contributed by atoms with Crippen LogP contribution in [0.4, 0.5) is 28.4 Å². The Kier molecular flexibility index (Phi) is 15.0. The molecule has 0 saturated heterocycles. The zero-order valence-electron chi connectivity index (χ0n) is 33.9. The molecule has 0 spiro atoms. The second kappa shape index (κ2) is 19.3. The van der Waals surface area contributed by atoms with Crippen molar-refractivity contribution < 1.29 is 50.9 Å². The van der Waals surface area contributed by atoms with Crippen LogP contribution in [0.15, 0.2) is 96.5 Å². The Hall–Kier alpha value is -5.54. The Morgan fingerprint density at radius 2 is 1.41 bits per heavy atom. The van der Waals surface area contributed by atoms with Gasteiger partial charge in [-0.25, -0.2) is 14.6 Å². The van der Waals surface area contributed by atoms with Gasteiger partial charge in [0.05, 0.1) is 25.5 Å². The largest absolute Gasteiger partial charge is 0.471 e. The molecule has 0 aliphatic rings. The van der Waals surface area contributed by atoms with Gasteiger partial charge in [0.1, 0.15) is 17.3 Å². The number of rotatable bonds is 17. The van der Waals surface area contributed by atoms with Crippen LogP contribution in [0, 0.1) is 6.92 Å². The molecule has 2 aromatic carbocycles. The molecule has 0 radical (unpaired) electrons. The number of imide groups is 1. The fourth-order valence-electron chi connectivity index (χ4n) is 5.45. The first kappa shape index (κ1) is 45.2. The molecule has 2 amide bonds. The lowest BCUT2D eigenvalue weighted by molar-refractivity contribution is -0.299. The third kappa shape index (κ3) is 12.2. The van der Waals surface area contributed by atoms with Crippen molar-refractivity contribution >= 4 is 17.9 Å². The Bertz CT molecular complexity index is 1960. The van der Waals surface area contributed by atoms with Gasteiger partial charge in [0.25, 0.3) is 11.8 Å². The van der Waals surface area contributed by atoms with Crippen LogP contribution in [0.25, 0.3) is 11.6 Å². The number of ether oxygens (including phenoxy) is 5. The quantitative estimate of drug-likeness (QED) is 0.0943. The average Bonchev–Trinajstić information content (AvgIpc) is 3.62. The SMILES string of the molecule is C=CCC[C@@](OCc1ccccc1)(c1nnc(-c2nc(O[C@H](CC=C)COCc3ccccc3)c(C)cc2N(C(=O)OC(C)(C)C)C(=O)OC(C)(C)C)o1)C(F)(F)F. The molecule has 0 aliphatic carbocycles. The first-order valence-corrected chi connectivity index (χ1v) is 18.6. The molecule has 0 aliphatic heterocycles. The van der Waals surface area contributed by atoms with E-state index in [2.05, 4.69) is 28.3 Å². The van der Waals surface area contributed by atoms with E-state index in [0.717, 1.165) is 5.56 Å². The molecule has 4 aromatic rings. The molecule has 12 nitrogen and oxygen atoms in total. The maximum atomic E-state index is 15.3. The van der Waals surface area contributed by atoms with E-state index < -0.39 is 66.1 Å². The van der Waals surface area contributed by atoms with E-state index in [1.807, 2.05) is 30.3 Å². The summed E-state index contributed by atoms with van der Waals surface area (Å²) < 4.78 is 80.9. The molecule has 0 bridgehead atoms. The molecular weight excluding hydrogens is 757 g/mol. The summed E-state index contributed by atoms with van der Waals surface area (Å²) in [6.45, 7) is 18.5. The zero-order chi connectivity index (χ0) is 42.7. The smallest absolute Gasteiger partial charge is 0.426 e. The Labute approximate surface area is 337 Å². The van der Waals surface area contributed by atoms with Crippen LogP contribution in [0.5, 0.6) is 5.88 Å². The summed E-state index contributed by atoms with van der Waals surface area (Å²) in [6, 6.07) is 19.2. The maximum Gasteiger partial charge on any atom is 0.426 e. The van der Waals surface area contributed by atoms with Crippen LogP contribution in [0.1, 0.15) is 83.4 Å². The Morgan fingerprint density at radius 1 is 0.845 bits per heavy atom. The third-order valence-corrected chi connectivity index (χ3v) is 8.12. The number of alkyl halides is 3. The van der Waals surface area contributed by atoms with Gasteiger partial charge >= 0.3 is 18.4 Å². The van der Waals surface area contributed by atoms with E-state index in [1.54, 1.807) is 84.9 Å². The second-order valence-corrected chi connectivity index (χ2v) is 15.4. The van der Waals surface area contributed by atoms with E-state index in [9.17, 15) is 9.59 Å². The fraction of sp³-hybridized carbons (Fsp3) is 0.419. The van der Waals surface area contributed by atoms with Gasteiger partial charge in [0.2, 0.25) is 11.5 Å². The molecular formula is C43H51F3N4O8. The monoisotopic (exact) mass is 808 g/mol. The van der Waals surface area contributed by atoms with E-state index in [4.69, 9.17) is 28.1 Å². The number of carbonyl (C=O) groups excluding carboxylic acids is 2. The summed E-state index contributed by atoms with van der Waals surface area (Å²) in [7, 11) is 0. The number of benzene rings is 2. The molecule has 58 heavy (non-hydrogen) atoms. The van der Waals surface area contributed by atoms with Crippen LogP contribution in [-0.2, 0) is 37.8 Å². The highest BCUT2D eigenvalue weighted by Gasteiger charge is 2.61. The van der Waals surface area contributed by atoms with Gasteiger partial charge in [0.15, 0.2) is 5.69 Å². The van der Waals surface area contributed by atoms with E-state index >= 15 is 13.2 Å². The topological polar surface area (TPSA) is 135 Å². The van der Waals surface area contributed by atoms with Crippen molar-refractivity contribution in [3.63, 3.8) is 0 Å². The van der Waals surface area contributed by atoms with Gasteiger partial charge in [-0.2, -0.15) is 18.1 Å². The van der Waals surface area contributed by atoms with Crippen molar-refractivity contribution in [3.8, 4) is 17.5 Å². The number of aryl methyl sites for hydroxylation is 1. The molecule has 2 aromatic heterocycles. The number of pyridine rings is 1. The van der Waals surface area contributed by atoms with Crippen LogP contribution in [0.3, 0.4) is 0 Å². The molecule has 2 heterocycles. The molecule has 312 valence electrons. The van der Waals surface area contributed by atoms with E-state index in [-0.39, 0.29) is 30.3 Å². The van der Waals surface area contributed by atoms with Gasteiger partial charge in [-0.15, -0.1) is 23.4 Å². The minimum atomic E-state index is -5.07. The summed E-state index contributed by atoms with van der Waals surface area (Å²) in [6.07, 6.45) is -5.58. The summed E-state index contributed by atoms with van der Waals surface area (Å²) in [5, 5.41) is 7.85. The molecule has 15 heteroatoms. The van der Waals surface area contributed by atoms with Crippen LogP contribution < -0.4 is 9.64 Å². The highest BCUT2D eigenvalue weighted by atomic mass is 19.4. The molecule has 0 saturated carbocycles. The number of amides is 2. The number of hydrogen-bond donors (Lipinski definition) is 0. The number of aromatic nitrogens is 3. The van der Waals surface area contributed by atoms with Crippen molar-refractivity contribution in [3.05, 3.63) is 115 Å². The third-order valence-electron chi connectivity index (χ3n) is 8.12. The lowest BCUT2D eigenvalue weighted by Gasteiger charge is -2.32. The van der Waals surface area contributed by atoms with Gasteiger partial charge in [-0.05, 0) is 78.5 Å². The van der Waals surface area contributed by atoms with Gasteiger partial charge < -0.3 is 28.1 Å². The van der Waals surface area contributed by atoms with Crippen molar-refractivity contribution in [2.75, 3.05) is 11.5 Å². The average molecular weight is 809 g/mol. The van der Waals surface area contributed by atoms with E-state index in [0.29, 0.717) is 29.1 Å². The summed E-state index contributed by atoms with van der Waals surface area (Å²) in [4.78, 5) is 32.9. The number of allylic oxidation sites excluding steroid dienone is 1. The first-order chi connectivity index (χ1) is 27.3. The highest BCUT2D eigenvalue weighted by molar-refractivity contribution is 6.11. The number of carbonyl (C=O) groups is 2. The minimum Gasteiger partial charge on any atom is -0.471 e. The summed E-state index contributed by atoms with van der Waals surface area (Å²) in [5.74, 6) is -1.57. The van der Waals surface area contributed by atoms with E-state index in [1.165, 1.54) is 12.1 Å². The molecule has 0 fully saturated rings. The number of hydrogen-bond acceptors (Lipinski definition) is 11. The van der Waals surface area contributed by atoms with Crippen molar-refractivity contribution in [1.29, 1.82) is 0 Å². The predicted octanol–water partition coefficient (Wildman–Crippen LogP) is 10.6. The van der Waals surface area contributed by atoms with Crippen LogP contribution in [-0.4, -0.2) is 57.5 Å². The fourth-order valence-corrected chi connectivity index (χ4v) is 5.45. The second-order valence-electron chi connectivity index (χ2n) is 15.4. The lowest BCUT2D eigenvalue weighted by atomic mass is 9.96. The Morgan fingerprint density at radius 3 is 1.93 bits per heavy atom. The Balaban J connectivity index is 1.90. The zero-order valence-corrected chi connectivity index (χ0v) is 33.9. The van der Waals surface area contributed by atoms with Crippen LogP contribution >= 0.6 is 0 Å². The lowest BCUT2D eigenvalue weighted by Crippen LogP contribution is -2.45. The number of halogens is 3. The van der Waals surface area contributed by atoms with Crippen molar-refractivity contribution in [2.24, 2.45) is 0 Å².